The average Bonchev–Trinajstić information content (AvgIpc) is 2.60. The Labute approximate surface area is 89.9 Å². The topological polar surface area (TPSA) is 73.3 Å². The van der Waals surface area contributed by atoms with Gasteiger partial charge in [0.15, 0.2) is 0 Å². The molecule has 0 radical (unpaired) electrons. The molecule has 0 aromatic carbocycles. The minimum Gasteiger partial charge on any atom is -0.391 e. The Bertz CT molecular complexity index is 299. The highest BCUT2D eigenvalue weighted by molar-refractivity contribution is 5.03. The number of aliphatic hydroxyl groups is 1. The van der Waals surface area contributed by atoms with Crippen LogP contribution in [-0.4, -0.2) is 33.4 Å². The van der Waals surface area contributed by atoms with Crippen LogP contribution in [0.4, 0.5) is 0 Å². The quantitative estimate of drug-likeness (QED) is 0.733. The van der Waals surface area contributed by atoms with Gasteiger partial charge >= 0.3 is 0 Å². The van der Waals surface area contributed by atoms with Gasteiger partial charge in [0.1, 0.15) is 6.10 Å². The molecule has 3 atom stereocenters. The van der Waals surface area contributed by atoms with Crippen LogP contribution in [0.3, 0.4) is 0 Å². The summed E-state index contributed by atoms with van der Waals surface area (Å²) >= 11 is 0. The predicted octanol–water partition coefficient (Wildman–Crippen LogP) is 0.206. The van der Waals surface area contributed by atoms with Crippen LogP contribution in [0, 0.1) is 0 Å². The number of nitrogens with zero attached hydrogens (tertiary/aromatic N) is 2. The van der Waals surface area contributed by atoms with Crippen molar-refractivity contribution in [3.63, 3.8) is 0 Å². The number of aliphatic hydroxyl groups excluding tert-OH is 1. The smallest absolute Gasteiger partial charge is 0.112 e. The number of hydrogen-bond donors (Lipinski definition) is 2. The van der Waals surface area contributed by atoms with Gasteiger partial charge in [-0.15, -0.1) is 0 Å². The summed E-state index contributed by atoms with van der Waals surface area (Å²) in [6.07, 6.45) is 2.46. The number of rotatable bonds is 5. The second-order valence-electron chi connectivity index (χ2n) is 3.74. The van der Waals surface area contributed by atoms with Crippen LogP contribution in [0.5, 0.6) is 0 Å². The summed E-state index contributed by atoms with van der Waals surface area (Å²) < 4.78 is 7.52. The molecule has 15 heavy (non-hydrogen) atoms. The van der Waals surface area contributed by atoms with E-state index in [4.69, 9.17) is 10.5 Å². The lowest BCUT2D eigenvalue weighted by atomic mass is 10.2. The maximum absolute atomic E-state index is 9.34. The van der Waals surface area contributed by atoms with Gasteiger partial charge in [-0.05, 0) is 13.8 Å². The number of imidazole rings is 1. The van der Waals surface area contributed by atoms with Gasteiger partial charge < -0.3 is 20.1 Å². The summed E-state index contributed by atoms with van der Waals surface area (Å²) in [7, 11) is 1.89. The molecule has 0 aliphatic heterocycles. The molecule has 1 aromatic heterocycles. The van der Waals surface area contributed by atoms with Crippen LogP contribution in [0.2, 0.25) is 0 Å². The van der Waals surface area contributed by atoms with E-state index < -0.39 is 6.10 Å². The van der Waals surface area contributed by atoms with Crippen molar-refractivity contribution in [3.8, 4) is 0 Å². The van der Waals surface area contributed by atoms with Gasteiger partial charge in [-0.3, -0.25) is 0 Å². The lowest BCUT2D eigenvalue weighted by Crippen LogP contribution is -2.29. The Morgan fingerprint density at radius 2 is 2.27 bits per heavy atom. The predicted molar refractivity (Wildman–Crippen MR) is 57.2 cm³/mol. The Morgan fingerprint density at radius 3 is 2.67 bits per heavy atom. The minimum absolute atomic E-state index is 0.220. The van der Waals surface area contributed by atoms with Gasteiger partial charge in [-0.1, -0.05) is 0 Å². The van der Waals surface area contributed by atoms with Crippen molar-refractivity contribution in [2.24, 2.45) is 12.8 Å². The van der Waals surface area contributed by atoms with E-state index >= 15 is 0 Å². The van der Waals surface area contributed by atoms with Crippen LogP contribution < -0.4 is 5.73 Å². The van der Waals surface area contributed by atoms with Crippen LogP contribution in [0.25, 0.3) is 0 Å². The van der Waals surface area contributed by atoms with E-state index in [2.05, 4.69) is 4.98 Å². The Morgan fingerprint density at radius 1 is 1.60 bits per heavy atom. The fraction of sp³-hybridized carbons (Fsp3) is 0.700. The fourth-order valence-corrected chi connectivity index (χ4v) is 1.30. The Balaban J connectivity index is 2.69. The van der Waals surface area contributed by atoms with E-state index in [1.807, 2.05) is 18.5 Å². The lowest BCUT2D eigenvalue weighted by molar-refractivity contribution is -0.0614. The lowest BCUT2D eigenvalue weighted by Gasteiger charge is -2.23. The van der Waals surface area contributed by atoms with E-state index in [-0.39, 0.29) is 12.2 Å². The zero-order chi connectivity index (χ0) is 11.4. The van der Waals surface area contributed by atoms with Crippen LogP contribution >= 0.6 is 0 Å². The first-order chi connectivity index (χ1) is 7.06. The molecule has 0 aliphatic rings. The van der Waals surface area contributed by atoms with Gasteiger partial charge in [-0.25, -0.2) is 4.98 Å². The van der Waals surface area contributed by atoms with Gasteiger partial charge in [0.25, 0.3) is 0 Å². The number of nitrogens with two attached hydrogens (primary N) is 1. The van der Waals surface area contributed by atoms with Crippen molar-refractivity contribution in [1.29, 1.82) is 0 Å². The summed E-state index contributed by atoms with van der Waals surface area (Å²) in [6.45, 7) is 3.89. The third-order valence-corrected chi connectivity index (χ3v) is 2.46. The van der Waals surface area contributed by atoms with Gasteiger partial charge in [0.2, 0.25) is 0 Å². The summed E-state index contributed by atoms with van der Waals surface area (Å²) in [5, 5.41) is 9.34. The van der Waals surface area contributed by atoms with Gasteiger partial charge in [0.05, 0.1) is 30.4 Å². The van der Waals surface area contributed by atoms with Gasteiger partial charge in [0, 0.05) is 13.6 Å². The zero-order valence-electron chi connectivity index (χ0n) is 9.42. The first-order valence-electron chi connectivity index (χ1n) is 5.06. The van der Waals surface area contributed by atoms with E-state index in [1.54, 1.807) is 19.4 Å². The standard InChI is InChI=1S/C10H19N3O2/c1-7(14)8(2)15-10(4-11)9-5-12-6-13(9)3/h5-8,10,14H,4,11H2,1-3H3. The molecule has 0 fully saturated rings. The second kappa shape index (κ2) is 5.25. The number of ether oxygens (including phenoxy) is 1. The largest absolute Gasteiger partial charge is 0.391 e. The Kier molecular flexibility index (Phi) is 4.26. The molecule has 1 heterocycles. The van der Waals surface area contributed by atoms with Crippen molar-refractivity contribution < 1.29 is 9.84 Å². The van der Waals surface area contributed by atoms with Crippen LogP contribution in [-0.2, 0) is 11.8 Å². The molecule has 5 nitrogen and oxygen atoms in total. The van der Waals surface area contributed by atoms with E-state index in [0.29, 0.717) is 6.54 Å². The van der Waals surface area contributed by atoms with Crippen molar-refractivity contribution >= 4 is 0 Å². The molecule has 0 amide bonds. The monoisotopic (exact) mass is 213 g/mol. The SMILES string of the molecule is CC(O)C(C)OC(CN)c1cncn1C. The molecular formula is C10H19N3O2. The van der Waals surface area contributed by atoms with E-state index in [1.165, 1.54) is 0 Å². The van der Waals surface area contributed by atoms with Crippen molar-refractivity contribution in [1.82, 2.24) is 9.55 Å². The van der Waals surface area contributed by atoms with Crippen LogP contribution in [0.15, 0.2) is 12.5 Å². The highest BCUT2D eigenvalue weighted by atomic mass is 16.5. The highest BCUT2D eigenvalue weighted by Crippen LogP contribution is 2.18. The molecule has 1 rings (SSSR count). The molecular weight excluding hydrogens is 194 g/mol. The molecule has 5 heteroatoms. The summed E-state index contributed by atoms with van der Waals surface area (Å²) in [5.41, 5.74) is 6.55. The molecule has 3 unspecified atom stereocenters. The first kappa shape index (κ1) is 12.2. The molecule has 1 aromatic rings. The molecule has 0 spiro atoms. The summed E-state index contributed by atoms with van der Waals surface area (Å²) in [6, 6.07) is 0. The fourth-order valence-electron chi connectivity index (χ4n) is 1.30. The maximum Gasteiger partial charge on any atom is 0.112 e. The number of aryl methyl sites for hydroxylation is 1. The summed E-state index contributed by atoms with van der Waals surface area (Å²) in [4.78, 5) is 4.01. The van der Waals surface area contributed by atoms with Crippen molar-refractivity contribution in [2.75, 3.05) is 6.54 Å². The normalized spacial score (nSPS) is 17.4. The first-order valence-corrected chi connectivity index (χ1v) is 5.06. The Hall–Kier alpha value is -0.910. The van der Waals surface area contributed by atoms with E-state index in [0.717, 1.165) is 5.69 Å². The molecule has 0 bridgehead atoms. The molecule has 86 valence electrons. The second-order valence-corrected chi connectivity index (χ2v) is 3.74. The van der Waals surface area contributed by atoms with Crippen molar-refractivity contribution in [3.05, 3.63) is 18.2 Å². The molecule has 3 N–H and O–H groups in total. The zero-order valence-corrected chi connectivity index (χ0v) is 9.42. The van der Waals surface area contributed by atoms with E-state index in [9.17, 15) is 5.11 Å². The van der Waals surface area contributed by atoms with Gasteiger partial charge in [-0.2, -0.15) is 0 Å². The molecule has 0 saturated heterocycles. The number of hydrogen-bond acceptors (Lipinski definition) is 4. The average molecular weight is 213 g/mol. The third kappa shape index (κ3) is 3.02. The third-order valence-electron chi connectivity index (χ3n) is 2.46. The molecule has 0 aliphatic carbocycles. The number of aromatic nitrogens is 2. The minimum atomic E-state index is -0.507. The van der Waals surface area contributed by atoms with Crippen molar-refractivity contribution in [2.45, 2.75) is 32.2 Å². The summed E-state index contributed by atoms with van der Waals surface area (Å²) in [5.74, 6) is 0. The van der Waals surface area contributed by atoms with Crippen LogP contribution in [0.1, 0.15) is 25.6 Å². The highest BCUT2D eigenvalue weighted by Gasteiger charge is 2.19. The maximum atomic E-state index is 9.34. The molecule has 0 saturated carbocycles.